The van der Waals surface area contributed by atoms with Gasteiger partial charge in [-0.15, -0.1) is 0 Å². The molecule has 114 valence electrons. The topological polar surface area (TPSA) is 73.7 Å². The zero-order valence-electron chi connectivity index (χ0n) is 12.6. The van der Waals surface area contributed by atoms with Crippen LogP contribution in [0.5, 0.6) is 0 Å². The van der Waals surface area contributed by atoms with Crippen molar-refractivity contribution in [3.63, 3.8) is 0 Å². The van der Waals surface area contributed by atoms with Crippen LogP contribution in [0.2, 0.25) is 0 Å². The second-order valence-electron chi connectivity index (χ2n) is 5.03. The molecule has 0 unspecified atom stereocenters. The predicted octanol–water partition coefficient (Wildman–Crippen LogP) is 1.20. The third-order valence-corrected chi connectivity index (χ3v) is 2.87. The minimum absolute atomic E-state index is 0.137. The first-order chi connectivity index (χ1) is 9.90. The number of nitrogens with zero attached hydrogens (tertiary/aromatic N) is 3. The van der Waals surface area contributed by atoms with Gasteiger partial charge in [-0.3, -0.25) is 9.78 Å². The number of rotatable bonds is 7. The monoisotopic (exact) mass is 291 g/mol. The van der Waals surface area contributed by atoms with E-state index in [1.165, 1.54) is 12.3 Å². The molecule has 1 aromatic rings. The summed E-state index contributed by atoms with van der Waals surface area (Å²) in [7, 11) is 5.73. The predicted molar refractivity (Wildman–Crippen MR) is 81.0 cm³/mol. The fourth-order valence-corrected chi connectivity index (χ4v) is 1.72. The maximum Gasteiger partial charge on any atom is 0.328 e. The Morgan fingerprint density at radius 3 is 2.48 bits per heavy atom. The molecule has 0 fully saturated rings. The number of hydrogen-bond acceptors (Lipinski definition) is 4. The first-order valence-electron chi connectivity index (χ1n) is 6.67. The van der Waals surface area contributed by atoms with Crippen molar-refractivity contribution in [1.82, 2.24) is 14.8 Å². The first-order valence-corrected chi connectivity index (χ1v) is 6.67. The van der Waals surface area contributed by atoms with Gasteiger partial charge in [0.25, 0.3) is 5.91 Å². The Balaban J connectivity index is 2.60. The van der Waals surface area contributed by atoms with E-state index in [1.807, 2.05) is 14.1 Å². The molecule has 1 amide bonds. The molecule has 1 aromatic heterocycles. The number of carbonyl (C=O) groups excluding carboxylic acids is 1. The molecular formula is C15H21N3O3. The second-order valence-corrected chi connectivity index (χ2v) is 5.03. The standard InChI is InChI=1S/C15H21N3O3/c1-17(2)9-4-10-18(3)15(21)13-7-5-12(11-16-13)6-8-14(19)20/h5-8,11H,4,9-10H2,1-3H3,(H,19,20). The van der Waals surface area contributed by atoms with Gasteiger partial charge in [0.2, 0.25) is 0 Å². The zero-order chi connectivity index (χ0) is 15.8. The van der Waals surface area contributed by atoms with Crippen molar-refractivity contribution < 1.29 is 14.7 Å². The highest BCUT2D eigenvalue weighted by Crippen LogP contribution is 2.05. The Bertz CT molecular complexity index is 509. The highest BCUT2D eigenvalue weighted by molar-refractivity contribution is 5.92. The summed E-state index contributed by atoms with van der Waals surface area (Å²) in [5.41, 5.74) is 0.999. The van der Waals surface area contributed by atoms with Gasteiger partial charge in [0.05, 0.1) is 0 Å². The van der Waals surface area contributed by atoms with Gasteiger partial charge in [-0.25, -0.2) is 4.79 Å². The Hall–Kier alpha value is -2.21. The third kappa shape index (κ3) is 6.18. The van der Waals surface area contributed by atoms with Gasteiger partial charge in [-0.05, 0) is 44.8 Å². The summed E-state index contributed by atoms with van der Waals surface area (Å²) < 4.78 is 0. The smallest absolute Gasteiger partial charge is 0.328 e. The number of amides is 1. The largest absolute Gasteiger partial charge is 0.478 e. The summed E-state index contributed by atoms with van der Waals surface area (Å²) in [6.07, 6.45) is 4.85. The van der Waals surface area contributed by atoms with Gasteiger partial charge in [-0.2, -0.15) is 0 Å². The molecule has 0 saturated carbocycles. The van der Waals surface area contributed by atoms with Crippen LogP contribution >= 0.6 is 0 Å². The number of carboxylic acids is 1. The molecule has 21 heavy (non-hydrogen) atoms. The molecule has 6 heteroatoms. The van der Waals surface area contributed by atoms with Crippen LogP contribution in [0.15, 0.2) is 24.4 Å². The van der Waals surface area contributed by atoms with Crippen molar-refractivity contribution in [2.24, 2.45) is 0 Å². The molecule has 0 radical (unpaired) electrons. The molecule has 0 aliphatic rings. The van der Waals surface area contributed by atoms with Gasteiger partial charge >= 0.3 is 5.97 Å². The zero-order valence-corrected chi connectivity index (χ0v) is 12.6. The molecule has 1 rings (SSSR count). The lowest BCUT2D eigenvalue weighted by Crippen LogP contribution is -2.30. The molecule has 0 aliphatic carbocycles. The van der Waals surface area contributed by atoms with Gasteiger partial charge in [0.1, 0.15) is 5.69 Å². The van der Waals surface area contributed by atoms with Crippen LogP contribution in [0, 0.1) is 0 Å². The average Bonchev–Trinajstić information content (AvgIpc) is 2.44. The second kappa shape index (κ2) is 8.16. The minimum Gasteiger partial charge on any atom is -0.478 e. The fourth-order valence-electron chi connectivity index (χ4n) is 1.72. The van der Waals surface area contributed by atoms with Crippen LogP contribution in [-0.4, -0.2) is 66.0 Å². The Morgan fingerprint density at radius 1 is 1.24 bits per heavy atom. The summed E-state index contributed by atoms with van der Waals surface area (Å²) in [4.78, 5) is 30.3. The van der Waals surface area contributed by atoms with Crippen LogP contribution < -0.4 is 0 Å². The van der Waals surface area contributed by atoms with Crippen LogP contribution in [0.1, 0.15) is 22.5 Å². The van der Waals surface area contributed by atoms with E-state index in [0.29, 0.717) is 17.8 Å². The summed E-state index contributed by atoms with van der Waals surface area (Å²) in [5, 5.41) is 8.54. The molecule has 0 aromatic carbocycles. The average molecular weight is 291 g/mol. The molecule has 0 bridgehead atoms. The SMILES string of the molecule is CN(C)CCCN(C)C(=O)c1ccc(C=CC(=O)O)cn1. The van der Waals surface area contributed by atoms with Crippen LogP contribution in [0.3, 0.4) is 0 Å². The van der Waals surface area contributed by atoms with Crippen molar-refractivity contribution in [3.8, 4) is 0 Å². The molecule has 1 heterocycles. The quantitative estimate of drug-likeness (QED) is 0.764. The number of carboxylic acid groups (broad SMARTS) is 1. The Morgan fingerprint density at radius 2 is 1.95 bits per heavy atom. The Labute approximate surface area is 124 Å². The van der Waals surface area contributed by atoms with E-state index >= 15 is 0 Å². The molecular weight excluding hydrogens is 270 g/mol. The highest BCUT2D eigenvalue weighted by Gasteiger charge is 2.12. The van der Waals surface area contributed by atoms with Gasteiger partial charge < -0.3 is 14.9 Å². The lowest BCUT2D eigenvalue weighted by atomic mass is 10.2. The van der Waals surface area contributed by atoms with E-state index in [9.17, 15) is 9.59 Å². The minimum atomic E-state index is -1.02. The van der Waals surface area contributed by atoms with Crippen molar-refractivity contribution >= 4 is 18.0 Å². The van der Waals surface area contributed by atoms with Crippen molar-refractivity contribution in [3.05, 3.63) is 35.7 Å². The Kier molecular flexibility index (Phi) is 6.55. The maximum atomic E-state index is 12.1. The normalized spacial score (nSPS) is 11.0. The van der Waals surface area contributed by atoms with E-state index in [1.54, 1.807) is 24.1 Å². The number of hydrogen-bond donors (Lipinski definition) is 1. The molecule has 6 nitrogen and oxygen atoms in total. The van der Waals surface area contributed by atoms with E-state index in [0.717, 1.165) is 19.0 Å². The first kappa shape index (κ1) is 16.8. The summed E-state index contributed by atoms with van der Waals surface area (Å²) in [5.74, 6) is -1.15. The van der Waals surface area contributed by atoms with Gasteiger partial charge in [0, 0.05) is 25.9 Å². The van der Waals surface area contributed by atoms with E-state index in [4.69, 9.17) is 5.11 Å². The lowest BCUT2D eigenvalue weighted by Gasteiger charge is -2.18. The van der Waals surface area contributed by atoms with Crippen LogP contribution in [0.25, 0.3) is 6.08 Å². The molecule has 0 atom stereocenters. The molecule has 0 spiro atoms. The lowest BCUT2D eigenvalue weighted by molar-refractivity contribution is -0.131. The highest BCUT2D eigenvalue weighted by atomic mass is 16.4. The van der Waals surface area contributed by atoms with E-state index in [-0.39, 0.29) is 5.91 Å². The number of carbonyl (C=O) groups is 2. The summed E-state index contributed by atoms with van der Waals surface area (Å²) >= 11 is 0. The van der Waals surface area contributed by atoms with E-state index in [2.05, 4.69) is 9.88 Å². The summed E-state index contributed by atoms with van der Waals surface area (Å²) in [6, 6.07) is 3.28. The van der Waals surface area contributed by atoms with Crippen LogP contribution in [-0.2, 0) is 4.79 Å². The number of aromatic nitrogens is 1. The van der Waals surface area contributed by atoms with Gasteiger partial charge in [-0.1, -0.05) is 6.07 Å². The van der Waals surface area contributed by atoms with Crippen molar-refractivity contribution in [2.45, 2.75) is 6.42 Å². The van der Waals surface area contributed by atoms with Crippen LogP contribution in [0.4, 0.5) is 0 Å². The van der Waals surface area contributed by atoms with Gasteiger partial charge in [0.15, 0.2) is 0 Å². The summed E-state index contributed by atoms with van der Waals surface area (Å²) in [6.45, 7) is 1.59. The fraction of sp³-hybridized carbons (Fsp3) is 0.400. The number of aliphatic carboxylic acids is 1. The third-order valence-electron chi connectivity index (χ3n) is 2.87. The maximum absolute atomic E-state index is 12.1. The molecule has 1 N–H and O–H groups in total. The number of pyridine rings is 1. The van der Waals surface area contributed by atoms with Crippen molar-refractivity contribution in [2.75, 3.05) is 34.2 Å². The van der Waals surface area contributed by atoms with Crippen molar-refractivity contribution in [1.29, 1.82) is 0 Å². The molecule has 0 aliphatic heterocycles. The molecule has 0 saturated heterocycles. The van der Waals surface area contributed by atoms with E-state index < -0.39 is 5.97 Å².